The molecular weight excluding hydrogens is 438 g/mol. The lowest BCUT2D eigenvalue weighted by Gasteiger charge is -2.29. The van der Waals surface area contributed by atoms with Gasteiger partial charge in [0, 0.05) is 43.9 Å². The van der Waals surface area contributed by atoms with Crippen molar-refractivity contribution in [1.82, 2.24) is 9.80 Å². The number of amides is 1. The van der Waals surface area contributed by atoms with E-state index in [0.717, 1.165) is 25.2 Å². The van der Waals surface area contributed by atoms with Crippen molar-refractivity contribution in [2.75, 3.05) is 39.4 Å². The van der Waals surface area contributed by atoms with Crippen LogP contribution in [0.15, 0.2) is 54.1 Å². The molecule has 2 saturated heterocycles. The number of likely N-dealkylation sites (tertiary alicyclic amines) is 1. The van der Waals surface area contributed by atoms with Crippen molar-refractivity contribution >= 4 is 23.1 Å². The van der Waals surface area contributed by atoms with Crippen molar-refractivity contribution in [2.45, 2.75) is 19.4 Å². The van der Waals surface area contributed by atoms with Gasteiger partial charge >= 0.3 is 0 Å². The van der Waals surface area contributed by atoms with E-state index in [-0.39, 0.29) is 17.0 Å². The number of nitro groups is 1. The summed E-state index contributed by atoms with van der Waals surface area (Å²) in [5, 5.41) is 22.2. The standard InChI is InChI=1S/C25H27N3O6/c1-17-3-5-19(6-4-17)23(29)21-22(18-7-9-20(10-8-18)28(32)33)27(25(31)24(21)30)12-2-11-26-13-15-34-16-14-26/h3-10,22,29H,2,11-16H2,1H3/t22-/m0/s1. The molecule has 0 radical (unpaired) electrons. The summed E-state index contributed by atoms with van der Waals surface area (Å²) in [5.41, 5.74) is 1.86. The number of aryl methyl sites for hydroxylation is 1. The van der Waals surface area contributed by atoms with Gasteiger partial charge in [0.15, 0.2) is 0 Å². The molecule has 34 heavy (non-hydrogen) atoms. The third-order valence-electron chi connectivity index (χ3n) is 6.26. The van der Waals surface area contributed by atoms with Crippen molar-refractivity contribution < 1.29 is 24.4 Å². The first kappa shape index (κ1) is 23.6. The number of rotatable bonds is 7. The Kier molecular flexibility index (Phi) is 7.04. The number of hydrogen-bond acceptors (Lipinski definition) is 7. The van der Waals surface area contributed by atoms with Gasteiger partial charge < -0.3 is 14.7 Å². The van der Waals surface area contributed by atoms with E-state index in [2.05, 4.69) is 4.90 Å². The minimum Gasteiger partial charge on any atom is -0.507 e. The number of Topliss-reactive ketones (excluding diaryl/α,β-unsaturated/α-hetero) is 1. The van der Waals surface area contributed by atoms with E-state index in [0.29, 0.717) is 37.3 Å². The summed E-state index contributed by atoms with van der Waals surface area (Å²) in [6.45, 7) is 5.95. The SMILES string of the molecule is Cc1ccc(C(O)=C2C(=O)C(=O)N(CCCN3CCOCC3)[C@H]2c2ccc([N+](=O)[O-])cc2)cc1. The fourth-order valence-corrected chi connectivity index (χ4v) is 4.39. The van der Waals surface area contributed by atoms with Crippen LogP contribution in [0.25, 0.3) is 5.76 Å². The van der Waals surface area contributed by atoms with Gasteiger partial charge in [-0.05, 0) is 31.0 Å². The van der Waals surface area contributed by atoms with Gasteiger partial charge in [-0.25, -0.2) is 0 Å². The third kappa shape index (κ3) is 4.85. The number of carbonyl (C=O) groups is 2. The average Bonchev–Trinajstić information content (AvgIpc) is 3.10. The molecule has 0 aromatic heterocycles. The van der Waals surface area contributed by atoms with Crippen molar-refractivity contribution in [2.24, 2.45) is 0 Å². The minimum atomic E-state index is -0.827. The number of ketones is 1. The Labute approximate surface area is 197 Å². The van der Waals surface area contributed by atoms with Crippen LogP contribution >= 0.6 is 0 Å². The number of ether oxygens (including phenoxy) is 1. The van der Waals surface area contributed by atoms with E-state index in [9.17, 15) is 24.8 Å². The number of carbonyl (C=O) groups excluding carboxylic acids is 2. The molecular formula is C25H27N3O6. The molecule has 2 fully saturated rings. The first-order valence-corrected chi connectivity index (χ1v) is 11.3. The highest BCUT2D eigenvalue weighted by Gasteiger charge is 2.45. The molecule has 0 spiro atoms. The number of morpholine rings is 1. The highest BCUT2D eigenvalue weighted by atomic mass is 16.6. The first-order valence-electron chi connectivity index (χ1n) is 11.3. The van der Waals surface area contributed by atoms with Crippen LogP contribution in [0.3, 0.4) is 0 Å². The largest absolute Gasteiger partial charge is 0.507 e. The predicted octanol–water partition coefficient (Wildman–Crippen LogP) is 3.05. The number of aliphatic hydroxyl groups is 1. The summed E-state index contributed by atoms with van der Waals surface area (Å²) < 4.78 is 5.37. The fourth-order valence-electron chi connectivity index (χ4n) is 4.39. The number of nitro benzene ring substituents is 1. The highest BCUT2D eigenvalue weighted by Crippen LogP contribution is 2.39. The second-order valence-corrected chi connectivity index (χ2v) is 8.51. The molecule has 2 aliphatic heterocycles. The Hall–Kier alpha value is -3.56. The molecule has 4 rings (SSSR count). The van der Waals surface area contributed by atoms with E-state index in [1.54, 1.807) is 12.1 Å². The Balaban J connectivity index is 1.68. The number of benzene rings is 2. The number of nitrogens with zero attached hydrogens (tertiary/aromatic N) is 3. The topological polar surface area (TPSA) is 113 Å². The predicted molar refractivity (Wildman–Crippen MR) is 125 cm³/mol. The van der Waals surface area contributed by atoms with E-state index in [1.165, 1.54) is 29.2 Å². The molecule has 0 bridgehead atoms. The van der Waals surface area contributed by atoms with Crippen LogP contribution in [-0.4, -0.2) is 70.9 Å². The van der Waals surface area contributed by atoms with E-state index in [1.807, 2.05) is 19.1 Å². The maximum Gasteiger partial charge on any atom is 0.295 e. The molecule has 0 unspecified atom stereocenters. The quantitative estimate of drug-likeness (QED) is 0.220. The van der Waals surface area contributed by atoms with Crippen molar-refractivity contribution in [3.63, 3.8) is 0 Å². The molecule has 2 aliphatic rings. The second-order valence-electron chi connectivity index (χ2n) is 8.51. The molecule has 9 heteroatoms. The van der Waals surface area contributed by atoms with Crippen molar-refractivity contribution in [3.8, 4) is 0 Å². The lowest BCUT2D eigenvalue weighted by molar-refractivity contribution is -0.384. The molecule has 2 aromatic rings. The maximum atomic E-state index is 13.1. The zero-order chi connectivity index (χ0) is 24.2. The number of aliphatic hydroxyl groups excluding tert-OH is 1. The Bertz CT molecular complexity index is 1100. The third-order valence-corrected chi connectivity index (χ3v) is 6.26. The van der Waals surface area contributed by atoms with Crippen LogP contribution in [0.2, 0.25) is 0 Å². The van der Waals surface area contributed by atoms with Gasteiger partial charge in [-0.1, -0.05) is 29.8 Å². The van der Waals surface area contributed by atoms with Gasteiger partial charge in [0.1, 0.15) is 5.76 Å². The molecule has 1 atom stereocenters. The van der Waals surface area contributed by atoms with E-state index >= 15 is 0 Å². The summed E-state index contributed by atoms with van der Waals surface area (Å²) in [5.74, 6) is -1.69. The van der Waals surface area contributed by atoms with Crippen molar-refractivity contribution in [1.29, 1.82) is 0 Å². The van der Waals surface area contributed by atoms with Crippen LogP contribution in [-0.2, 0) is 14.3 Å². The van der Waals surface area contributed by atoms with Gasteiger partial charge in [-0.3, -0.25) is 24.6 Å². The molecule has 9 nitrogen and oxygen atoms in total. The molecule has 2 aromatic carbocycles. The number of hydrogen-bond donors (Lipinski definition) is 1. The first-order chi connectivity index (χ1) is 16.4. The Morgan fingerprint density at radius 1 is 1.06 bits per heavy atom. The van der Waals surface area contributed by atoms with Crippen LogP contribution in [0.5, 0.6) is 0 Å². The van der Waals surface area contributed by atoms with Gasteiger partial charge in [0.2, 0.25) is 0 Å². The molecule has 1 amide bonds. The molecule has 178 valence electrons. The minimum absolute atomic E-state index is 0.00548. The molecule has 2 heterocycles. The Morgan fingerprint density at radius 3 is 2.32 bits per heavy atom. The number of non-ortho nitro benzene ring substituents is 1. The zero-order valence-electron chi connectivity index (χ0n) is 19.0. The van der Waals surface area contributed by atoms with Crippen molar-refractivity contribution in [3.05, 3.63) is 80.9 Å². The average molecular weight is 466 g/mol. The monoisotopic (exact) mass is 465 g/mol. The molecule has 1 N–H and O–H groups in total. The summed E-state index contributed by atoms with van der Waals surface area (Å²) in [6, 6.07) is 11.9. The van der Waals surface area contributed by atoms with Crippen LogP contribution in [0.1, 0.15) is 29.2 Å². The van der Waals surface area contributed by atoms with Gasteiger partial charge in [-0.15, -0.1) is 0 Å². The van der Waals surface area contributed by atoms with E-state index in [4.69, 9.17) is 4.74 Å². The van der Waals surface area contributed by atoms with Gasteiger partial charge in [0.05, 0.1) is 29.8 Å². The normalized spacial score (nSPS) is 20.6. The summed E-state index contributed by atoms with van der Waals surface area (Å²) in [6.07, 6.45) is 0.640. The van der Waals surface area contributed by atoms with Gasteiger partial charge in [0.25, 0.3) is 17.4 Å². The van der Waals surface area contributed by atoms with Gasteiger partial charge in [-0.2, -0.15) is 0 Å². The molecule has 0 aliphatic carbocycles. The van der Waals surface area contributed by atoms with Crippen LogP contribution in [0.4, 0.5) is 5.69 Å². The lowest BCUT2D eigenvalue weighted by atomic mass is 9.95. The summed E-state index contributed by atoms with van der Waals surface area (Å²) >= 11 is 0. The van der Waals surface area contributed by atoms with E-state index < -0.39 is 22.7 Å². The fraction of sp³-hybridized carbons (Fsp3) is 0.360. The Morgan fingerprint density at radius 2 is 1.71 bits per heavy atom. The molecule has 0 saturated carbocycles. The highest BCUT2D eigenvalue weighted by molar-refractivity contribution is 6.46. The second kappa shape index (κ2) is 10.1. The van der Waals surface area contributed by atoms with Crippen LogP contribution in [0, 0.1) is 17.0 Å². The smallest absolute Gasteiger partial charge is 0.295 e. The lowest BCUT2D eigenvalue weighted by Crippen LogP contribution is -2.38. The summed E-state index contributed by atoms with van der Waals surface area (Å²) in [4.78, 5) is 40.4. The van der Waals surface area contributed by atoms with Crippen LogP contribution < -0.4 is 0 Å². The maximum absolute atomic E-state index is 13.1. The summed E-state index contributed by atoms with van der Waals surface area (Å²) in [7, 11) is 0. The zero-order valence-corrected chi connectivity index (χ0v) is 19.0.